The van der Waals surface area contributed by atoms with Gasteiger partial charge in [-0.25, -0.2) is 0 Å². The number of fused-ring (bicyclic) bond motifs is 3. The van der Waals surface area contributed by atoms with E-state index in [0.717, 1.165) is 0 Å². The summed E-state index contributed by atoms with van der Waals surface area (Å²) in [6.07, 6.45) is 12.6. The maximum absolute atomic E-state index is 1.59. The first-order chi connectivity index (χ1) is 5.97. The fourth-order valence-electron chi connectivity index (χ4n) is 4.36. The van der Waals surface area contributed by atoms with E-state index in [9.17, 15) is 0 Å². The highest BCUT2D eigenvalue weighted by atomic mass is 14.5. The minimum absolute atomic E-state index is 1.19. The van der Waals surface area contributed by atoms with Gasteiger partial charge in [0.1, 0.15) is 0 Å². The molecule has 0 radical (unpaired) electrons. The van der Waals surface area contributed by atoms with Gasteiger partial charge in [0.2, 0.25) is 0 Å². The number of hydrogen-bond donors (Lipinski definition) is 0. The smallest absolute Gasteiger partial charge is 0.0352 e. The van der Waals surface area contributed by atoms with Crippen LogP contribution in [0.25, 0.3) is 0 Å². The Bertz CT molecular complexity index is 125. The molecule has 0 spiro atoms. The van der Waals surface area contributed by atoms with Crippen LogP contribution in [-0.4, -0.2) is 0 Å². The van der Waals surface area contributed by atoms with Gasteiger partial charge < -0.3 is 0 Å². The maximum atomic E-state index is 1.59. The standard InChI is InChI=1S/C12H20/c1-2-6-10-11-7-3-4-8-12(10)9(11)5-1/h9-12H,1-8H2. The second-order valence-electron chi connectivity index (χ2n) is 5.22. The third kappa shape index (κ3) is 0.900. The van der Waals surface area contributed by atoms with Crippen molar-refractivity contribution >= 4 is 0 Å². The van der Waals surface area contributed by atoms with Gasteiger partial charge in [-0.3, -0.25) is 0 Å². The van der Waals surface area contributed by atoms with Crippen molar-refractivity contribution < 1.29 is 0 Å². The van der Waals surface area contributed by atoms with E-state index in [1.54, 1.807) is 51.4 Å². The maximum Gasteiger partial charge on any atom is -0.0352 e. The zero-order valence-electron chi connectivity index (χ0n) is 7.97. The van der Waals surface area contributed by atoms with Crippen molar-refractivity contribution in [1.29, 1.82) is 0 Å². The lowest BCUT2D eigenvalue weighted by Crippen LogP contribution is -2.43. The van der Waals surface area contributed by atoms with Crippen molar-refractivity contribution in [3.05, 3.63) is 0 Å². The first-order valence-corrected chi connectivity index (χ1v) is 5.97. The van der Waals surface area contributed by atoms with Crippen LogP contribution in [0.2, 0.25) is 0 Å². The fourth-order valence-corrected chi connectivity index (χ4v) is 4.36. The molecule has 4 aliphatic carbocycles. The SMILES string of the molecule is C1CCC2C3CCCCC2C3C1. The first kappa shape index (κ1) is 7.41. The molecule has 12 heavy (non-hydrogen) atoms. The molecule has 4 rings (SSSR count). The van der Waals surface area contributed by atoms with Gasteiger partial charge in [-0.15, -0.1) is 0 Å². The Labute approximate surface area is 75.7 Å². The van der Waals surface area contributed by atoms with Crippen molar-refractivity contribution in [1.82, 2.24) is 0 Å². The van der Waals surface area contributed by atoms with E-state index < -0.39 is 0 Å². The summed E-state index contributed by atoms with van der Waals surface area (Å²) in [4.78, 5) is 0. The molecule has 0 saturated heterocycles. The summed E-state index contributed by atoms with van der Waals surface area (Å²) in [7, 11) is 0. The molecule has 0 aromatic carbocycles. The molecule has 4 fully saturated rings. The number of rotatable bonds is 0. The van der Waals surface area contributed by atoms with Gasteiger partial charge in [0, 0.05) is 0 Å². The zero-order chi connectivity index (χ0) is 7.97. The third-order valence-electron chi connectivity index (χ3n) is 4.85. The van der Waals surface area contributed by atoms with Gasteiger partial charge in [0.15, 0.2) is 0 Å². The van der Waals surface area contributed by atoms with Gasteiger partial charge in [0.05, 0.1) is 0 Å². The fraction of sp³-hybridized carbons (Fsp3) is 1.00. The van der Waals surface area contributed by atoms with Crippen LogP contribution in [0.1, 0.15) is 51.4 Å². The quantitative estimate of drug-likeness (QED) is 0.513. The Hall–Kier alpha value is 0. The third-order valence-corrected chi connectivity index (χ3v) is 4.85. The minimum Gasteiger partial charge on any atom is -0.0530 e. The molecular formula is C12H20. The van der Waals surface area contributed by atoms with Gasteiger partial charge in [-0.05, 0) is 49.4 Å². The van der Waals surface area contributed by atoms with Crippen LogP contribution >= 0.6 is 0 Å². The molecule has 0 nitrogen and oxygen atoms in total. The average Bonchev–Trinajstić information content (AvgIpc) is 2.54. The summed E-state index contributed by atoms with van der Waals surface area (Å²) < 4.78 is 0. The Morgan fingerprint density at radius 1 is 0.417 bits per heavy atom. The van der Waals surface area contributed by atoms with Crippen LogP contribution < -0.4 is 0 Å². The van der Waals surface area contributed by atoms with Crippen LogP contribution in [-0.2, 0) is 0 Å². The van der Waals surface area contributed by atoms with Crippen molar-refractivity contribution in [2.45, 2.75) is 51.4 Å². The molecule has 0 aromatic heterocycles. The molecule has 0 amide bonds. The lowest BCUT2D eigenvalue weighted by molar-refractivity contribution is -0.0133. The van der Waals surface area contributed by atoms with E-state index in [-0.39, 0.29) is 0 Å². The molecule has 0 aliphatic heterocycles. The molecule has 0 N–H and O–H groups in total. The van der Waals surface area contributed by atoms with E-state index in [0.29, 0.717) is 0 Å². The Balaban J connectivity index is 1.83. The minimum atomic E-state index is 1.19. The molecule has 0 atom stereocenters. The monoisotopic (exact) mass is 164 g/mol. The van der Waals surface area contributed by atoms with Crippen molar-refractivity contribution in [2.24, 2.45) is 23.7 Å². The zero-order valence-corrected chi connectivity index (χ0v) is 7.97. The molecule has 0 heteroatoms. The second kappa shape index (κ2) is 2.75. The van der Waals surface area contributed by atoms with Crippen LogP contribution in [0.5, 0.6) is 0 Å². The molecular weight excluding hydrogens is 144 g/mol. The van der Waals surface area contributed by atoms with Gasteiger partial charge >= 0.3 is 0 Å². The van der Waals surface area contributed by atoms with Crippen LogP contribution in [0, 0.1) is 23.7 Å². The first-order valence-electron chi connectivity index (χ1n) is 5.97. The summed E-state index contributed by atoms with van der Waals surface area (Å²) in [5, 5.41) is 0. The molecule has 4 bridgehead atoms. The van der Waals surface area contributed by atoms with Crippen LogP contribution in [0.4, 0.5) is 0 Å². The molecule has 4 aliphatic rings. The summed E-state index contributed by atoms with van der Waals surface area (Å²) in [5.74, 6) is 4.78. The molecule has 68 valence electrons. The highest BCUT2D eigenvalue weighted by Crippen LogP contribution is 2.58. The van der Waals surface area contributed by atoms with Crippen LogP contribution in [0.3, 0.4) is 0 Å². The van der Waals surface area contributed by atoms with Crippen molar-refractivity contribution in [2.75, 3.05) is 0 Å². The van der Waals surface area contributed by atoms with E-state index >= 15 is 0 Å². The molecule has 4 saturated carbocycles. The molecule has 0 heterocycles. The van der Waals surface area contributed by atoms with E-state index in [1.165, 1.54) is 23.7 Å². The Kier molecular flexibility index (Phi) is 1.70. The highest BCUT2D eigenvalue weighted by Gasteiger charge is 2.50. The highest BCUT2D eigenvalue weighted by molar-refractivity contribution is 4.99. The number of hydrogen-bond acceptors (Lipinski definition) is 0. The summed E-state index contributed by atoms with van der Waals surface area (Å²) in [6.45, 7) is 0. The van der Waals surface area contributed by atoms with Gasteiger partial charge in [-0.1, -0.05) is 25.7 Å². The van der Waals surface area contributed by atoms with E-state index in [1.807, 2.05) is 0 Å². The van der Waals surface area contributed by atoms with Gasteiger partial charge in [0.25, 0.3) is 0 Å². The second-order valence-corrected chi connectivity index (χ2v) is 5.22. The topological polar surface area (TPSA) is 0 Å². The van der Waals surface area contributed by atoms with Crippen molar-refractivity contribution in [3.8, 4) is 0 Å². The van der Waals surface area contributed by atoms with E-state index in [4.69, 9.17) is 0 Å². The normalized spacial score (nSPS) is 52.0. The predicted octanol–water partition coefficient (Wildman–Crippen LogP) is 3.61. The average molecular weight is 164 g/mol. The van der Waals surface area contributed by atoms with Gasteiger partial charge in [-0.2, -0.15) is 0 Å². The predicted molar refractivity (Wildman–Crippen MR) is 50.9 cm³/mol. The Morgan fingerprint density at radius 2 is 0.667 bits per heavy atom. The summed E-state index contributed by atoms with van der Waals surface area (Å²) >= 11 is 0. The lowest BCUT2D eigenvalue weighted by Gasteiger charge is -2.50. The Morgan fingerprint density at radius 3 is 0.917 bits per heavy atom. The van der Waals surface area contributed by atoms with Crippen LogP contribution in [0.15, 0.2) is 0 Å². The summed E-state index contributed by atoms with van der Waals surface area (Å²) in [5.41, 5.74) is 0. The van der Waals surface area contributed by atoms with Crippen molar-refractivity contribution in [3.63, 3.8) is 0 Å². The van der Waals surface area contributed by atoms with E-state index in [2.05, 4.69) is 0 Å². The molecule has 0 aromatic rings. The molecule has 0 unspecified atom stereocenters. The lowest BCUT2D eigenvalue weighted by atomic mass is 9.55. The summed E-state index contributed by atoms with van der Waals surface area (Å²) in [6, 6.07) is 0. The largest absolute Gasteiger partial charge is 0.0530 e.